The first-order valence-electron chi connectivity index (χ1n) is 43.3. The van der Waals surface area contributed by atoms with Gasteiger partial charge < -0.3 is 29.2 Å². The highest BCUT2D eigenvalue weighted by molar-refractivity contribution is 7.18. The first-order chi connectivity index (χ1) is 60.8. The summed E-state index contributed by atoms with van der Waals surface area (Å²) in [5, 5.41) is 20.1. The number of aldehydes is 1. The lowest BCUT2D eigenvalue weighted by molar-refractivity contribution is -0.110. The van der Waals surface area contributed by atoms with Crippen LogP contribution in [0.2, 0.25) is 12.1 Å². The molecule has 2 saturated heterocycles. The fourth-order valence-electron chi connectivity index (χ4n) is 16.0. The average Bonchev–Trinajstić information content (AvgIpc) is 1.59. The second-order valence-corrected chi connectivity index (χ2v) is 40.0. The summed E-state index contributed by atoms with van der Waals surface area (Å²) in [6.07, 6.45) is 49.4. The second kappa shape index (κ2) is 63.3. The minimum atomic E-state index is -2.38. The van der Waals surface area contributed by atoms with Crippen molar-refractivity contribution in [1.82, 2.24) is 18.3 Å². The molecule has 10 nitrogen and oxygen atoms in total. The zero-order valence-corrected chi connectivity index (χ0v) is 75.8. The number of halogens is 2. The predicted molar refractivity (Wildman–Crippen MR) is 528 cm³/mol. The maximum Gasteiger partial charge on any atom is 0.311 e. The first kappa shape index (κ1) is 102. The smallest absolute Gasteiger partial charge is 0.311 e. The fourth-order valence-corrected chi connectivity index (χ4v) is 26.5. The van der Waals surface area contributed by atoms with Crippen LogP contribution in [0.3, 0.4) is 0 Å². The Balaban J connectivity index is 0.000000541. The number of rotatable bonds is 40. The van der Waals surface area contributed by atoms with E-state index in [4.69, 9.17) is 62.1 Å². The van der Waals surface area contributed by atoms with Crippen molar-refractivity contribution >= 4 is 43.9 Å². The lowest BCUT2D eigenvalue weighted by Gasteiger charge is -2.36. The zero-order chi connectivity index (χ0) is 88.6. The number of carbonyl (C=O) groups excluding carboxylic acids is 1. The Morgan fingerprint density at radius 3 is 0.863 bits per heavy atom. The Labute approximate surface area is 762 Å². The molecule has 9 atom stereocenters. The van der Waals surface area contributed by atoms with Crippen molar-refractivity contribution in [1.29, 1.82) is 0 Å². The van der Waals surface area contributed by atoms with Gasteiger partial charge in [0.25, 0.3) is 0 Å². The van der Waals surface area contributed by atoms with Gasteiger partial charge in [-0.1, -0.05) is 256 Å². The largest absolute Gasteiger partial charge is 0.393 e. The van der Waals surface area contributed by atoms with Crippen LogP contribution in [0, 0.1) is 144 Å². The van der Waals surface area contributed by atoms with E-state index in [-0.39, 0.29) is 36.2 Å². The van der Waals surface area contributed by atoms with Crippen LogP contribution in [0.4, 0.5) is 0 Å². The molecule has 4 fully saturated rings. The molecule has 648 valence electrons. The first-order valence-corrected chi connectivity index (χ1v) is 49.5. The van der Waals surface area contributed by atoms with Crippen LogP contribution in [0.5, 0.6) is 0 Å². The molecule has 4 aliphatic rings. The topological polar surface area (TPSA) is 98.2 Å². The van der Waals surface area contributed by atoms with Gasteiger partial charge in [0, 0.05) is 100 Å². The molecule has 0 radical (unpaired) electrons. The Morgan fingerprint density at radius 1 is 0.371 bits per heavy atom. The molecule has 6 aromatic carbocycles. The van der Waals surface area contributed by atoms with E-state index in [1.54, 1.807) is 12.2 Å². The third-order valence-corrected chi connectivity index (χ3v) is 32.6. The normalized spacial score (nSPS) is 17.1. The van der Waals surface area contributed by atoms with Gasteiger partial charge in [-0.2, -0.15) is 0 Å². The average molecular weight is 1730 g/mol. The number of aliphatic hydroxyl groups is 2. The van der Waals surface area contributed by atoms with E-state index in [0.717, 1.165) is 125 Å². The summed E-state index contributed by atoms with van der Waals surface area (Å²) in [5.74, 6) is 53.6. The van der Waals surface area contributed by atoms with Gasteiger partial charge in [0.2, 0.25) is 0 Å². The van der Waals surface area contributed by atoms with E-state index < -0.39 is 15.4 Å². The van der Waals surface area contributed by atoms with E-state index in [9.17, 15) is 15.0 Å². The SMILES string of the molecule is C#CC#CC#CCCN1[C@@H]2CCCC[C@H]2N(CCC#CC#CC#C)[Si]1(Cl)CC=C.C#CC#CC#CCCN1[C@@H]2CCCC[C@H]2N(CCC#CC#CC#C)[Si]1(Cl)CC=C.C=CC[C@@H](O)C[C@@H](CCc1ccccc1)OCc1ccccc1.C=CC[C@H](O)C[C@@H](CCc1ccccc1)OCc1ccccc1.O=CC[C@@H](CCc1ccccc1)OCc1ccccc1.[HH].[HH].[HH].[HH]. The van der Waals surface area contributed by atoms with Crippen LogP contribution in [0.1, 0.15) is 168 Å². The molecule has 14 heteroatoms. The number of benzene rings is 6. The Morgan fingerprint density at radius 2 is 0.621 bits per heavy atom. The molecule has 2 heterocycles. The number of hydrogen-bond acceptors (Lipinski definition) is 10. The van der Waals surface area contributed by atoms with Gasteiger partial charge in [0.15, 0.2) is 0 Å². The van der Waals surface area contributed by atoms with Crippen molar-refractivity contribution in [2.45, 2.75) is 234 Å². The van der Waals surface area contributed by atoms with Crippen LogP contribution < -0.4 is 0 Å². The number of hydrogen-bond donors (Lipinski definition) is 2. The fraction of sp³-hybridized carbons (Fsp3) is 0.373. The molecule has 2 saturated carbocycles. The van der Waals surface area contributed by atoms with Crippen molar-refractivity contribution in [3.63, 3.8) is 0 Å². The lowest BCUT2D eigenvalue weighted by atomic mass is 9.90. The zero-order valence-electron chi connectivity index (χ0n) is 72.2. The van der Waals surface area contributed by atoms with Crippen molar-refractivity contribution in [3.8, 4) is 144 Å². The van der Waals surface area contributed by atoms with Crippen LogP contribution >= 0.6 is 22.2 Å². The van der Waals surface area contributed by atoms with Gasteiger partial charge in [-0.15, -0.1) is 74.2 Å². The van der Waals surface area contributed by atoms with Gasteiger partial charge in [-0.3, -0.25) is 18.3 Å². The van der Waals surface area contributed by atoms with E-state index in [1.165, 1.54) is 68.1 Å². The highest BCUT2D eigenvalue weighted by Gasteiger charge is 2.59. The van der Waals surface area contributed by atoms with Gasteiger partial charge >= 0.3 is 15.4 Å². The molecule has 124 heavy (non-hydrogen) atoms. The molecular weight excluding hydrogens is 1600 g/mol. The molecule has 2 aliphatic heterocycles. The summed E-state index contributed by atoms with van der Waals surface area (Å²) in [6.45, 7) is 20.5. The molecule has 0 amide bonds. The lowest BCUT2D eigenvalue weighted by Crippen LogP contribution is -2.56. The highest BCUT2D eigenvalue weighted by Crippen LogP contribution is 2.46. The maximum atomic E-state index is 10.8. The standard InChI is InChI=1S/2C25H25ClN2Si.2C21H26O2.C18H20O2.4H2/c2*1-4-7-9-11-13-17-21-27-24-19-15-16-20-25(24)28(29(27,26)23-6-3)22-18-14-12-10-8-5-2;2*1-2-9-20(22)16-21(15-14-18-10-5-3-6-11-18)23-17-19-12-7-4-8-13-19;19-14-13-18(12-11-16-7-3-1-4-8-16)20-15-17-9-5-2-6-10-17;;;;/h2*1-2,6,24-25H,3,15-23H2;2*2-8,10-13,20-22H,1,9,14-17H2;1-10,14,18H,11-13,15H2;4*1H/t2*24-,25-;20-,21+;20-,21-;18-;;;;/m11011..../s1. The van der Waals surface area contributed by atoms with E-state index in [1.807, 2.05) is 109 Å². The summed E-state index contributed by atoms with van der Waals surface area (Å²) in [6, 6.07) is 65.1. The number of fused-ring (bicyclic) bond motifs is 2. The molecule has 10 rings (SSSR count). The molecule has 2 aliphatic carbocycles. The van der Waals surface area contributed by atoms with Crippen LogP contribution in [0.15, 0.2) is 233 Å². The third-order valence-electron chi connectivity index (χ3n) is 21.7. The molecule has 0 bridgehead atoms. The van der Waals surface area contributed by atoms with Crippen molar-refractivity contribution in [2.24, 2.45) is 0 Å². The summed E-state index contributed by atoms with van der Waals surface area (Å²) < 4.78 is 28.2. The number of aliphatic hydroxyl groups excluding tert-OH is 2. The van der Waals surface area contributed by atoms with Gasteiger partial charge in [0.05, 0.1) is 50.3 Å². The molecule has 6 aromatic rings. The number of ether oxygens (including phenoxy) is 3. The van der Waals surface area contributed by atoms with Gasteiger partial charge in [0.1, 0.15) is 6.29 Å². The van der Waals surface area contributed by atoms with E-state index >= 15 is 0 Å². The van der Waals surface area contributed by atoms with Crippen molar-refractivity contribution in [3.05, 3.63) is 266 Å². The number of terminal acetylenes is 4. The van der Waals surface area contributed by atoms with Gasteiger partial charge in [-0.05, 0) is 218 Å². The van der Waals surface area contributed by atoms with Crippen LogP contribution in [-0.4, -0.2) is 131 Å². The van der Waals surface area contributed by atoms with Crippen molar-refractivity contribution in [2.75, 3.05) is 26.2 Å². The summed E-state index contributed by atoms with van der Waals surface area (Å²) in [5.41, 5.74) is 7.36. The number of carbonyl (C=O) groups is 1. The summed E-state index contributed by atoms with van der Waals surface area (Å²) in [4.78, 5) is 10.8. The van der Waals surface area contributed by atoms with E-state index in [2.05, 4.69) is 248 Å². The molecule has 0 unspecified atom stereocenters. The minimum Gasteiger partial charge on any atom is -0.393 e. The molecule has 0 aromatic heterocycles. The monoisotopic (exact) mass is 1730 g/mol. The molecular formula is C110H130Cl2N4O6Si2. The molecule has 0 spiro atoms. The number of aryl methyl sites for hydroxylation is 3. The summed E-state index contributed by atoms with van der Waals surface area (Å²) >= 11 is 14.8. The third kappa shape index (κ3) is 39.0. The number of nitrogens with zero attached hydrogens (tertiary/aromatic N) is 4. The van der Waals surface area contributed by atoms with Crippen LogP contribution in [-0.2, 0) is 58.1 Å². The predicted octanol–water partition coefficient (Wildman–Crippen LogP) is 20.5. The summed E-state index contributed by atoms with van der Waals surface area (Å²) in [7, 11) is -4.75. The number of allylic oxidation sites excluding steroid dienone is 2. The quantitative estimate of drug-likeness (QED) is 0.0127. The van der Waals surface area contributed by atoms with E-state index in [0.29, 0.717) is 76.1 Å². The Hall–Kier alpha value is -10.7. The van der Waals surface area contributed by atoms with Gasteiger partial charge in [-0.25, -0.2) is 0 Å². The minimum absolute atomic E-state index is 0. The maximum absolute atomic E-state index is 10.8. The Kier molecular flexibility index (Phi) is 52.1. The highest BCUT2D eigenvalue weighted by atomic mass is 35.6. The Bertz CT molecular complexity index is 4370. The molecule has 2 N–H and O–H groups in total. The van der Waals surface area contributed by atoms with Crippen molar-refractivity contribution < 1.29 is 34.9 Å². The second-order valence-electron chi connectivity index (χ2n) is 30.4. The van der Waals surface area contributed by atoms with Crippen LogP contribution in [0.25, 0.3) is 0 Å².